The molecule has 0 radical (unpaired) electrons. The van der Waals surface area contributed by atoms with Crippen LogP contribution < -0.4 is 5.73 Å². The highest BCUT2D eigenvalue weighted by Crippen LogP contribution is 2.35. The van der Waals surface area contributed by atoms with Crippen LogP contribution in [0.1, 0.15) is 11.6 Å². The van der Waals surface area contributed by atoms with Gasteiger partial charge in [0.15, 0.2) is 0 Å². The van der Waals surface area contributed by atoms with Gasteiger partial charge in [0.2, 0.25) is 0 Å². The summed E-state index contributed by atoms with van der Waals surface area (Å²) in [6, 6.07) is 2.06. The molecule has 0 aromatic heterocycles. The maximum absolute atomic E-state index is 12.2. The van der Waals surface area contributed by atoms with Gasteiger partial charge in [0, 0.05) is 9.50 Å². The van der Waals surface area contributed by atoms with E-state index in [9.17, 15) is 13.2 Å². The Bertz CT molecular complexity index is 340. The van der Waals surface area contributed by atoms with Crippen LogP contribution in [-0.2, 0) is 0 Å². The predicted molar refractivity (Wildman–Crippen MR) is 52.1 cm³/mol. The molecule has 0 saturated heterocycles. The van der Waals surface area contributed by atoms with Gasteiger partial charge in [-0.2, -0.15) is 13.2 Å². The molecule has 1 nitrogen and oxygen atoms in total. The van der Waals surface area contributed by atoms with Crippen LogP contribution in [0.25, 0.3) is 0 Å². The summed E-state index contributed by atoms with van der Waals surface area (Å²) in [6.07, 6.45) is -4.47. The number of benzene rings is 1. The van der Waals surface area contributed by atoms with Gasteiger partial charge in [-0.05, 0) is 17.7 Å². The zero-order valence-corrected chi connectivity index (χ0v) is 9.12. The molecule has 1 atom stereocenters. The van der Waals surface area contributed by atoms with Crippen molar-refractivity contribution in [1.82, 2.24) is 0 Å². The lowest BCUT2D eigenvalue weighted by atomic mass is 10.1. The van der Waals surface area contributed by atoms with Gasteiger partial charge in [0.1, 0.15) is 6.04 Å². The third kappa shape index (κ3) is 2.62. The van der Waals surface area contributed by atoms with Crippen molar-refractivity contribution in [3.63, 3.8) is 0 Å². The molecule has 0 unspecified atom stereocenters. The Hall–Kier alpha value is -0.260. The lowest BCUT2D eigenvalue weighted by Gasteiger charge is -2.17. The number of hydrogen-bond acceptors (Lipinski definition) is 1. The summed E-state index contributed by atoms with van der Waals surface area (Å²) < 4.78 is 37.3. The van der Waals surface area contributed by atoms with Crippen LogP contribution in [0, 0.1) is 0 Å². The lowest BCUT2D eigenvalue weighted by molar-refractivity contribution is -0.149. The molecule has 0 fully saturated rings. The molecule has 1 rings (SSSR count). The van der Waals surface area contributed by atoms with Crippen molar-refractivity contribution in [1.29, 1.82) is 0 Å². The molecule has 0 aliphatic rings. The van der Waals surface area contributed by atoms with E-state index in [0.717, 1.165) is 0 Å². The van der Waals surface area contributed by atoms with Crippen LogP contribution in [0.4, 0.5) is 13.2 Å². The molecule has 0 spiro atoms. The fourth-order valence-electron chi connectivity index (χ4n) is 0.930. The molecule has 2 N–H and O–H groups in total. The molecule has 6 heteroatoms. The number of halogens is 5. The Morgan fingerprint density at radius 1 is 1.36 bits per heavy atom. The summed E-state index contributed by atoms with van der Waals surface area (Å²) in [5, 5.41) is 0.00389. The topological polar surface area (TPSA) is 26.0 Å². The zero-order valence-electron chi connectivity index (χ0n) is 6.78. The van der Waals surface area contributed by atoms with Crippen molar-refractivity contribution in [2.45, 2.75) is 12.2 Å². The van der Waals surface area contributed by atoms with Crippen LogP contribution in [0.2, 0.25) is 5.02 Å². The fraction of sp³-hybridized carbons (Fsp3) is 0.250. The fourth-order valence-corrected chi connectivity index (χ4v) is 1.72. The van der Waals surface area contributed by atoms with Crippen molar-refractivity contribution in [3.8, 4) is 0 Å². The first-order valence-corrected chi connectivity index (χ1v) is 4.76. The highest BCUT2D eigenvalue weighted by Gasteiger charge is 2.38. The lowest BCUT2D eigenvalue weighted by Crippen LogP contribution is -2.28. The van der Waals surface area contributed by atoms with Crippen molar-refractivity contribution in [2.24, 2.45) is 5.73 Å². The average molecular weight is 288 g/mol. The molecule has 0 amide bonds. The summed E-state index contributed by atoms with van der Waals surface area (Å²) in [6.45, 7) is 0. The van der Waals surface area contributed by atoms with E-state index in [1.165, 1.54) is 18.2 Å². The largest absolute Gasteiger partial charge is 0.407 e. The highest BCUT2D eigenvalue weighted by molar-refractivity contribution is 9.10. The molecular formula is C8H6BrClF3N. The Balaban J connectivity index is 3.08. The Labute approximate surface area is 92.2 Å². The molecule has 14 heavy (non-hydrogen) atoms. The van der Waals surface area contributed by atoms with Gasteiger partial charge in [0.05, 0.1) is 0 Å². The van der Waals surface area contributed by atoms with Gasteiger partial charge in [-0.25, -0.2) is 0 Å². The minimum absolute atomic E-state index is 0.00389. The van der Waals surface area contributed by atoms with Crippen LogP contribution in [0.3, 0.4) is 0 Å². The van der Waals surface area contributed by atoms with E-state index in [0.29, 0.717) is 4.47 Å². The summed E-state index contributed by atoms with van der Waals surface area (Å²) in [5.41, 5.74) is 4.88. The molecule has 0 heterocycles. The first-order valence-electron chi connectivity index (χ1n) is 3.59. The number of hydrogen-bond donors (Lipinski definition) is 1. The molecule has 0 aliphatic carbocycles. The van der Waals surface area contributed by atoms with E-state index >= 15 is 0 Å². The smallest absolute Gasteiger partial charge is 0.316 e. The second kappa shape index (κ2) is 4.08. The minimum Gasteiger partial charge on any atom is -0.316 e. The van der Waals surface area contributed by atoms with E-state index in [4.69, 9.17) is 17.3 Å². The number of rotatable bonds is 1. The number of nitrogens with two attached hydrogens (primary N) is 1. The summed E-state index contributed by atoms with van der Waals surface area (Å²) in [5.74, 6) is 0. The summed E-state index contributed by atoms with van der Waals surface area (Å²) >= 11 is 8.71. The van der Waals surface area contributed by atoms with E-state index in [-0.39, 0.29) is 10.6 Å². The third-order valence-corrected chi connectivity index (χ3v) is 2.47. The second-order valence-corrected chi connectivity index (χ2v) is 4.01. The van der Waals surface area contributed by atoms with Crippen LogP contribution in [-0.4, -0.2) is 6.18 Å². The van der Waals surface area contributed by atoms with Gasteiger partial charge >= 0.3 is 6.18 Å². The third-order valence-electron chi connectivity index (χ3n) is 1.65. The van der Waals surface area contributed by atoms with Gasteiger partial charge < -0.3 is 5.73 Å². The van der Waals surface area contributed by atoms with Crippen molar-refractivity contribution >= 4 is 27.5 Å². The molecule has 0 aliphatic heterocycles. The molecule has 78 valence electrons. The molecular weight excluding hydrogens is 282 g/mol. The van der Waals surface area contributed by atoms with E-state index in [1.807, 2.05) is 0 Å². The summed E-state index contributed by atoms with van der Waals surface area (Å²) in [7, 11) is 0. The standard InChI is InChI=1S/C8H6BrClF3N/c9-4-1-2-5(6(10)3-4)7(14)8(11,12)13/h1-3,7H,14H2/t7-/m0/s1. The Morgan fingerprint density at radius 3 is 2.36 bits per heavy atom. The molecule has 1 aromatic carbocycles. The second-order valence-electron chi connectivity index (χ2n) is 2.69. The number of alkyl halides is 3. The minimum atomic E-state index is -4.47. The van der Waals surface area contributed by atoms with E-state index < -0.39 is 12.2 Å². The van der Waals surface area contributed by atoms with Gasteiger partial charge in [-0.15, -0.1) is 0 Å². The van der Waals surface area contributed by atoms with Crippen molar-refractivity contribution in [3.05, 3.63) is 33.3 Å². The van der Waals surface area contributed by atoms with E-state index in [2.05, 4.69) is 15.9 Å². The van der Waals surface area contributed by atoms with Gasteiger partial charge in [0.25, 0.3) is 0 Å². The van der Waals surface area contributed by atoms with Crippen LogP contribution in [0.5, 0.6) is 0 Å². The first kappa shape index (κ1) is 11.8. The predicted octanol–water partition coefficient (Wildman–Crippen LogP) is 3.66. The van der Waals surface area contributed by atoms with Crippen molar-refractivity contribution in [2.75, 3.05) is 0 Å². The zero-order chi connectivity index (χ0) is 10.9. The quantitative estimate of drug-likeness (QED) is 0.838. The molecule has 1 aromatic rings. The van der Waals surface area contributed by atoms with Crippen LogP contribution in [0.15, 0.2) is 22.7 Å². The molecule has 0 bridgehead atoms. The summed E-state index contributed by atoms with van der Waals surface area (Å²) in [4.78, 5) is 0. The Kier molecular flexibility index (Phi) is 3.44. The van der Waals surface area contributed by atoms with E-state index in [1.54, 1.807) is 0 Å². The monoisotopic (exact) mass is 287 g/mol. The highest BCUT2D eigenvalue weighted by atomic mass is 79.9. The van der Waals surface area contributed by atoms with Crippen molar-refractivity contribution < 1.29 is 13.2 Å². The average Bonchev–Trinajstić information content (AvgIpc) is 2.01. The Morgan fingerprint density at radius 2 is 1.93 bits per heavy atom. The molecule has 0 saturated carbocycles. The maximum Gasteiger partial charge on any atom is 0.407 e. The normalized spacial score (nSPS) is 14.1. The van der Waals surface area contributed by atoms with Gasteiger partial charge in [-0.3, -0.25) is 0 Å². The van der Waals surface area contributed by atoms with Crippen LogP contribution >= 0.6 is 27.5 Å². The first-order chi connectivity index (χ1) is 6.32. The van der Waals surface area contributed by atoms with Gasteiger partial charge in [-0.1, -0.05) is 33.6 Å². The maximum atomic E-state index is 12.2. The SMILES string of the molecule is N[C@@H](c1ccc(Br)cc1Cl)C(F)(F)F.